The Kier molecular flexibility index (Phi) is 5.76. The summed E-state index contributed by atoms with van der Waals surface area (Å²) in [7, 11) is 0. The Morgan fingerprint density at radius 1 is 1.23 bits per heavy atom. The molecular formula is C18H17ClF3N7S. The number of thioether (sulfide) groups is 1. The molecule has 30 heavy (non-hydrogen) atoms. The second kappa shape index (κ2) is 8.32. The van der Waals surface area contributed by atoms with Crippen molar-refractivity contribution in [1.29, 1.82) is 0 Å². The van der Waals surface area contributed by atoms with Gasteiger partial charge in [0.15, 0.2) is 11.3 Å². The van der Waals surface area contributed by atoms with Crippen LogP contribution in [0.1, 0.15) is 23.4 Å². The van der Waals surface area contributed by atoms with Crippen molar-refractivity contribution >= 4 is 34.2 Å². The lowest BCUT2D eigenvalue weighted by molar-refractivity contribution is 0.145. The minimum Gasteiger partial charge on any atom is -0.301 e. The van der Waals surface area contributed by atoms with Gasteiger partial charge in [0.25, 0.3) is 6.43 Å². The quantitative estimate of drug-likeness (QED) is 0.608. The molecule has 158 valence electrons. The maximum atomic E-state index is 14.0. The van der Waals surface area contributed by atoms with Gasteiger partial charge in [-0.3, -0.25) is 9.36 Å². The van der Waals surface area contributed by atoms with E-state index >= 15 is 0 Å². The summed E-state index contributed by atoms with van der Waals surface area (Å²) in [6, 6.07) is 7.54. The van der Waals surface area contributed by atoms with E-state index in [2.05, 4.69) is 15.3 Å². The van der Waals surface area contributed by atoms with Crippen molar-refractivity contribution in [1.82, 2.24) is 19.6 Å². The van der Waals surface area contributed by atoms with E-state index in [1.54, 1.807) is 25.3 Å². The van der Waals surface area contributed by atoms with Crippen LogP contribution >= 0.6 is 23.4 Å². The third-order valence-corrected chi connectivity index (χ3v) is 5.75. The van der Waals surface area contributed by atoms with Crippen LogP contribution in [0.2, 0.25) is 5.02 Å². The molecule has 0 saturated carbocycles. The second-order valence-electron chi connectivity index (χ2n) is 6.59. The van der Waals surface area contributed by atoms with E-state index in [0.717, 1.165) is 0 Å². The van der Waals surface area contributed by atoms with Gasteiger partial charge in [0, 0.05) is 28.5 Å². The van der Waals surface area contributed by atoms with Gasteiger partial charge in [-0.2, -0.15) is 15.3 Å². The summed E-state index contributed by atoms with van der Waals surface area (Å²) in [4.78, 5) is 0. The average Bonchev–Trinajstić information content (AvgIpc) is 3.38. The molecule has 0 aliphatic carbocycles. The van der Waals surface area contributed by atoms with Crippen LogP contribution in [0.3, 0.4) is 0 Å². The van der Waals surface area contributed by atoms with E-state index < -0.39 is 17.7 Å². The Bertz CT molecular complexity index is 1080. The molecule has 0 radical (unpaired) electrons. The number of nitrogens with two attached hydrogens (primary N) is 1. The minimum atomic E-state index is -2.63. The normalized spacial score (nSPS) is 16.6. The Balaban J connectivity index is 1.50. The van der Waals surface area contributed by atoms with Crippen molar-refractivity contribution in [2.75, 3.05) is 5.01 Å². The molecule has 1 aliphatic heterocycles. The third kappa shape index (κ3) is 4.18. The molecule has 1 aromatic carbocycles. The minimum absolute atomic E-state index is 0.154. The van der Waals surface area contributed by atoms with Crippen molar-refractivity contribution in [3.8, 4) is 0 Å². The lowest BCUT2D eigenvalue weighted by Crippen LogP contribution is -2.32. The number of benzene rings is 1. The smallest absolute Gasteiger partial charge is 0.282 e. The molecule has 0 amide bonds. The summed E-state index contributed by atoms with van der Waals surface area (Å²) in [5, 5.41) is 15.2. The van der Waals surface area contributed by atoms with Gasteiger partial charge >= 0.3 is 0 Å². The topological polar surface area (TPSA) is 77.3 Å². The first-order chi connectivity index (χ1) is 14.3. The molecule has 0 bridgehead atoms. The van der Waals surface area contributed by atoms with Gasteiger partial charge in [-0.25, -0.2) is 18.2 Å². The zero-order valence-corrected chi connectivity index (χ0v) is 17.3. The molecule has 2 N–H and O–H groups in total. The van der Waals surface area contributed by atoms with Crippen LogP contribution in [-0.2, 0) is 13.1 Å². The third-order valence-electron chi connectivity index (χ3n) is 4.47. The molecule has 4 rings (SSSR count). The lowest BCUT2D eigenvalue weighted by Gasteiger charge is -2.15. The SMILES string of the molecule is Cc1cc(C(F)F)nn1CC1=NN(c2ccn(Cc3c(F)cccc3Cl)n2)C(N)S1. The Labute approximate surface area is 179 Å². The fourth-order valence-corrected chi connectivity index (χ4v) is 4.07. The molecule has 1 unspecified atom stereocenters. The first-order valence-corrected chi connectivity index (χ1v) is 10.2. The maximum Gasteiger partial charge on any atom is 0.282 e. The van der Waals surface area contributed by atoms with Crippen molar-refractivity contribution in [2.24, 2.45) is 10.8 Å². The first-order valence-electron chi connectivity index (χ1n) is 8.89. The molecule has 0 spiro atoms. The number of hydrazone groups is 1. The van der Waals surface area contributed by atoms with E-state index in [4.69, 9.17) is 17.3 Å². The van der Waals surface area contributed by atoms with Gasteiger partial charge in [-0.05, 0) is 25.1 Å². The standard InChI is InChI=1S/C18H17ClF3N7S/c1-10-7-14(17(21)22)24-28(10)9-16-26-29(18(23)30-16)15-5-6-27(25-15)8-11-12(19)3-2-4-13(11)20/h2-7,17-18H,8-9,23H2,1H3. The van der Waals surface area contributed by atoms with Gasteiger partial charge in [-0.1, -0.05) is 29.4 Å². The predicted octanol–water partition coefficient (Wildman–Crippen LogP) is 3.98. The summed E-state index contributed by atoms with van der Waals surface area (Å²) >= 11 is 7.36. The largest absolute Gasteiger partial charge is 0.301 e. The van der Waals surface area contributed by atoms with Crippen LogP contribution in [0.5, 0.6) is 0 Å². The molecular weight excluding hydrogens is 439 g/mol. The molecule has 0 saturated heterocycles. The fraction of sp³-hybridized carbons (Fsp3) is 0.278. The first kappa shape index (κ1) is 20.8. The highest BCUT2D eigenvalue weighted by molar-refractivity contribution is 8.14. The van der Waals surface area contributed by atoms with E-state index in [1.807, 2.05) is 0 Å². The zero-order chi connectivity index (χ0) is 21.4. The molecule has 1 aliphatic rings. The second-order valence-corrected chi connectivity index (χ2v) is 8.18. The summed E-state index contributed by atoms with van der Waals surface area (Å²) in [5.41, 5.74) is 6.28. The van der Waals surface area contributed by atoms with Crippen LogP contribution in [0.25, 0.3) is 0 Å². The zero-order valence-electron chi connectivity index (χ0n) is 15.7. The van der Waals surface area contributed by atoms with Crippen molar-refractivity contribution in [3.05, 3.63) is 64.3 Å². The van der Waals surface area contributed by atoms with Gasteiger partial charge in [0.1, 0.15) is 16.6 Å². The molecule has 7 nitrogen and oxygen atoms in total. The maximum absolute atomic E-state index is 14.0. The summed E-state index contributed by atoms with van der Waals surface area (Å²) < 4.78 is 42.7. The highest BCUT2D eigenvalue weighted by Gasteiger charge is 2.28. The number of hydrogen-bond acceptors (Lipinski definition) is 6. The number of aromatic nitrogens is 4. The predicted molar refractivity (Wildman–Crippen MR) is 110 cm³/mol. The Morgan fingerprint density at radius 3 is 2.73 bits per heavy atom. The van der Waals surface area contributed by atoms with E-state index in [9.17, 15) is 13.2 Å². The number of rotatable bonds is 6. The van der Waals surface area contributed by atoms with Crippen LogP contribution in [0.4, 0.5) is 19.0 Å². The molecule has 0 fully saturated rings. The number of hydrogen-bond donors (Lipinski definition) is 1. The monoisotopic (exact) mass is 455 g/mol. The Hall–Kier alpha value is -2.50. The van der Waals surface area contributed by atoms with E-state index in [0.29, 0.717) is 27.1 Å². The van der Waals surface area contributed by atoms with Gasteiger partial charge in [0.05, 0.1) is 13.1 Å². The highest BCUT2D eigenvalue weighted by Crippen LogP contribution is 2.29. The molecule has 2 aromatic heterocycles. The lowest BCUT2D eigenvalue weighted by atomic mass is 10.2. The van der Waals surface area contributed by atoms with Gasteiger partial charge < -0.3 is 5.73 Å². The molecule has 3 aromatic rings. The number of aryl methyl sites for hydroxylation is 1. The van der Waals surface area contributed by atoms with Crippen LogP contribution in [-0.4, -0.2) is 30.1 Å². The molecule has 12 heteroatoms. The van der Waals surface area contributed by atoms with Crippen molar-refractivity contribution in [2.45, 2.75) is 31.9 Å². The van der Waals surface area contributed by atoms with Crippen LogP contribution in [0.15, 0.2) is 41.6 Å². The van der Waals surface area contributed by atoms with E-state index in [-0.39, 0.29) is 18.8 Å². The van der Waals surface area contributed by atoms with Gasteiger partial charge in [-0.15, -0.1) is 0 Å². The summed E-state index contributed by atoms with van der Waals surface area (Å²) in [5.74, 6) is 0.0639. The van der Waals surface area contributed by atoms with Crippen molar-refractivity contribution < 1.29 is 13.2 Å². The summed E-state index contributed by atoms with van der Waals surface area (Å²) in [6.45, 7) is 2.08. The highest BCUT2D eigenvalue weighted by atomic mass is 35.5. The number of anilines is 1. The van der Waals surface area contributed by atoms with Gasteiger partial charge in [0.2, 0.25) is 0 Å². The average molecular weight is 456 g/mol. The number of halogens is 4. The van der Waals surface area contributed by atoms with Crippen molar-refractivity contribution in [3.63, 3.8) is 0 Å². The van der Waals surface area contributed by atoms with E-state index in [1.165, 1.54) is 44.3 Å². The number of nitrogens with zero attached hydrogens (tertiary/aromatic N) is 6. The molecule has 3 heterocycles. The number of alkyl halides is 2. The Morgan fingerprint density at radius 2 is 2.03 bits per heavy atom. The molecule has 1 atom stereocenters. The van der Waals surface area contributed by atoms with Crippen LogP contribution in [0, 0.1) is 12.7 Å². The summed E-state index contributed by atoms with van der Waals surface area (Å²) in [6.07, 6.45) is -0.955. The fourth-order valence-electron chi connectivity index (χ4n) is 2.98. The van der Waals surface area contributed by atoms with Crippen LogP contribution < -0.4 is 10.7 Å².